The van der Waals surface area contributed by atoms with E-state index in [9.17, 15) is 8.42 Å². The van der Waals surface area contributed by atoms with Crippen LogP contribution in [0.15, 0.2) is 42.6 Å². The van der Waals surface area contributed by atoms with Crippen molar-refractivity contribution in [2.75, 3.05) is 28.7 Å². The molecule has 0 saturated carbocycles. The third-order valence-electron chi connectivity index (χ3n) is 3.78. The monoisotopic (exact) mass is 332 g/mol. The molecule has 0 radical (unpaired) electrons. The van der Waals surface area contributed by atoms with Crippen LogP contribution in [0.25, 0.3) is 0 Å². The van der Waals surface area contributed by atoms with E-state index in [2.05, 4.69) is 10.3 Å². The number of hydrogen-bond acceptors (Lipinski definition) is 4. The molecule has 0 aliphatic carbocycles. The van der Waals surface area contributed by atoms with Crippen molar-refractivity contribution < 1.29 is 8.42 Å². The SMILES string of the molecule is CNCCCN1c2ccccc2N(c2cc(C)ccn2)S1(=O)=O. The molecule has 0 amide bonds. The maximum absolute atomic E-state index is 13.0. The summed E-state index contributed by atoms with van der Waals surface area (Å²) < 4.78 is 28.9. The standard InChI is InChI=1S/C16H20N4O2S/c1-13-8-10-18-16(12-13)20-15-7-4-3-6-14(15)19(23(20,21)22)11-5-9-17-2/h3-4,6-8,10,12,17H,5,9,11H2,1-2H3. The highest BCUT2D eigenvalue weighted by Crippen LogP contribution is 2.44. The fourth-order valence-electron chi connectivity index (χ4n) is 2.70. The zero-order valence-corrected chi connectivity index (χ0v) is 14.0. The van der Waals surface area contributed by atoms with Crippen LogP contribution in [-0.4, -0.2) is 33.5 Å². The molecule has 23 heavy (non-hydrogen) atoms. The van der Waals surface area contributed by atoms with E-state index < -0.39 is 10.2 Å². The molecule has 0 saturated heterocycles. The molecule has 1 aliphatic heterocycles. The molecule has 2 heterocycles. The lowest BCUT2D eigenvalue weighted by Crippen LogP contribution is -2.37. The van der Waals surface area contributed by atoms with E-state index >= 15 is 0 Å². The Kier molecular flexibility index (Phi) is 4.23. The average Bonchev–Trinajstić information content (AvgIpc) is 2.74. The van der Waals surface area contributed by atoms with Crippen molar-refractivity contribution in [3.8, 4) is 0 Å². The van der Waals surface area contributed by atoms with E-state index in [0.29, 0.717) is 23.7 Å². The van der Waals surface area contributed by atoms with Gasteiger partial charge in [0, 0.05) is 12.7 Å². The van der Waals surface area contributed by atoms with Crippen LogP contribution in [0.3, 0.4) is 0 Å². The van der Waals surface area contributed by atoms with Gasteiger partial charge in [-0.25, -0.2) is 9.29 Å². The van der Waals surface area contributed by atoms with Crippen molar-refractivity contribution in [2.24, 2.45) is 0 Å². The van der Waals surface area contributed by atoms with Gasteiger partial charge in [0.05, 0.1) is 11.4 Å². The second-order valence-corrected chi connectivity index (χ2v) is 7.18. The molecule has 1 N–H and O–H groups in total. The van der Waals surface area contributed by atoms with Crippen LogP contribution in [0.4, 0.5) is 17.2 Å². The Morgan fingerprint density at radius 1 is 1.17 bits per heavy atom. The molecule has 6 nitrogen and oxygen atoms in total. The van der Waals surface area contributed by atoms with Crippen LogP contribution in [0, 0.1) is 6.92 Å². The summed E-state index contributed by atoms with van der Waals surface area (Å²) in [5, 5.41) is 3.05. The van der Waals surface area contributed by atoms with Gasteiger partial charge in [0.25, 0.3) is 0 Å². The van der Waals surface area contributed by atoms with Gasteiger partial charge < -0.3 is 5.32 Å². The highest BCUT2D eigenvalue weighted by atomic mass is 32.2. The summed E-state index contributed by atoms with van der Waals surface area (Å²) in [5.74, 6) is 0.425. The minimum atomic E-state index is -3.66. The van der Waals surface area contributed by atoms with Gasteiger partial charge in [0.15, 0.2) is 0 Å². The fraction of sp³-hybridized carbons (Fsp3) is 0.312. The summed E-state index contributed by atoms with van der Waals surface area (Å²) in [4.78, 5) is 4.25. The van der Waals surface area contributed by atoms with Crippen LogP contribution in [0.5, 0.6) is 0 Å². The summed E-state index contributed by atoms with van der Waals surface area (Å²) in [6.07, 6.45) is 2.37. The number of nitrogens with zero attached hydrogens (tertiary/aromatic N) is 3. The molecule has 2 aromatic rings. The van der Waals surface area contributed by atoms with E-state index in [0.717, 1.165) is 18.5 Å². The van der Waals surface area contributed by atoms with E-state index in [-0.39, 0.29) is 0 Å². The third kappa shape index (κ3) is 2.77. The molecule has 0 fully saturated rings. The van der Waals surface area contributed by atoms with E-state index in [1.807, 2.05) is 44.3 Å². The van der Waals surface area contributed by atoms with Gasteiger partial charge in [-0.05, 0) is 56.8 Å². The number of para-hydroxylation sites is 2. The van der Waals surface area contributed by atoms with Gasteiger partial charge in [0.2, 0.25) is 0 Å². The molecule has 0 spiro atoms. The van der Waals surface area contributed by atoms with E-state index in [1.165, 1.54) is 8.61 Å². The second-order valence-electron chi connectivity index (χ2n) is 5.48. The number of fused-ring (bicyclic) bond motifs is 1. The van der Waals surface area contributed by atoms with Crippen molar-refractivity contribution in [3.63, 3.8) is 0 Å². The maximum Gasteiger partial charge on any atom is 0.332 e. The second kappa shape index (κ2) is 6.17. The summed E-state index contributed by atoms with van der Waals surface area (Å²) in [6, 6.07) is 11.0. The normalized spacial score (nSPS) is 15.7. The number of hydrogen-bond donors (Lipinski definition) is 1. The minimum absolute atomic E-state index is 0.425. The number of pyridine rings is 1. The molecule has 1 aromatic carbocycles. The zero-order chi connectivity index (χ0) is 16.4. The third-order valence-corrected chi connectivity index (χ3v) is 5.56. The molecule has 122 valence electrons. The maximum atomic E-state index is 13.0. The van der Waals surface area contributed by atoms with Crippen molar-refractivity contribution in [2.45, 2.75) is 13.3 Å². The van der Waals surface area contributed by atoms with Crippen LogP contribution in [0.1, 0.15) is 12.0 Å². The highest BCUT2D eigenvalue weighted by molar-refractivity contribution is 7.95. The molecular weight excluding hydrogens is 312 g/mol. The van der Waals surface area contributed by atoms with Gasteiger partial charge in [-0.3, -0.25) is 4.31 Å². The molecule has 1 aliphatic rings. The molecule has 0 bridgehead atoms. The average molecular weight is 332 g/mol. The molecule has 1 aromatic heterocycles. The molecule has 0 unspecified atom stereocenters. The Balaban J connectivity index is 2.07. The van der Waals surface area contributed by atoms with Crippen molar-refractivity contribution >= 4 is 27.4 Å². The smallest absolute Gasteiger partial charge is 0.320 e. The van der Waals surface area contributed by atoms with E-state index in [4.69, 9.17) is 0 Å². The Labute approximate surface area is 136 Å². The lowest BCUT2D eigenvalue weighted by atomic mass is 10.2. The van der Waals surface area contributed by atoms with Crippen LogP contribution >= 0.6 is 0 Å². The number of nitrogens with one attached hydrogen (secondary N) is 1. The molecule has 3 rings (SSSR count). The van der Waals surface area contributed by atoms with Gasteiger partial charge in [-0.2, -0.15) is 8.42 Å². The molecule has 7 heteroatoms. The quantitative estimate of drug-likeness (QED) is 0.853. The first-order chi connectivity index (χ1) is 11.1. The lowest BCUT2D eigenvalue weighted by Gasteiger charge is -2.21. The molecular formula is C16H20N4O2S. The highest BCUT2D eigenvalue weighted by Gasteiger charge is 2.41. The summed E-state index contributed by atoms with van der Waals surface area (Å²) in [6.45, 7) is 3.11. The van der Waals surface area contributed by atoms with E-state index in [1.54, 1.807) is 12.3 Å². The Morgan fingerprint density at radius 3 is 2.61 bits per heavy atom. The number of anilines is 3. The first-order valence-corrected chi connectivity index (χ1v) is 8.94. The predicted octanol–water partition coefficient (Wildman–Crippen LogP) is 2.20. The largest absolute Gasteiger partial charge is 0.332 e. The lowest BCUT2D eigenvalue weighted by molar-refractivity contribution is 0.591. The van der Waals surface area contributed by atoms with Crippen LogP contribution in [-0.2, 0) is 10.2 Å². The van der Waals surface area contributed by atoms with Crippen LogP contribution < -0.4 is 13.9 Å². The summed E-state index contributed by atoms with van der Waals surface area (Å²) in [5.41, 5.74) is 2.32. The Hall–Kier alpha value is -2.12. The van der Waals surface area contributed by atoms with Gasteiger partial charge in [-0.15, -0.1) is 0 Å². The number of aryl methyl sites for hydroxylation is 1. The number of benzene rings is 1. The van der Waals surface area contributed by atoms with Crippen molar-refractivity contribution in [1.29, 1.82) is 0 Å². The van der Waals surface area contributed by atoms with Gasteiger partial charge in [0.1, 0.15) is 5.82 Å². The zero-order valence-electron chi connectivity index (χ0n) is 13.2. The topological polar surface area (TPSA) is 65.5 Å². The number of rotatable bonds is 5. The minimum Gasteiger partial charge on any atom is -0.320 e. The first kappa shape index (κ1) is 15.8. The van der Waals surface area contributed by atoms with Crippen molar-refractivity contribution in [3.05, 3.63) is 48.2 Å². The van der Waals surface area contributed by atoms with Gasteiger partial charge >= 0.3 is 10.2 Å². The summed E-state index contributed by atoms with van der Waals surface area (Å²) >= 11 is 0. The molecule has 0 atom stereocenters. The number of aromatic nitrogens is 1. The Morgan fingerprint density at radius 2 is 1.91 bits per heavy atom. The summed E-state index contributed by atoms with van der Waals surface area (Å²) in [7, 11) is -1.80. The fourth-order valence-corrected chi connectivity index (χ4v) is 4.40. The predicted molar refractivity (Wildman–Crippen MR) is 92.4 cm³/mol. The van der Waals surface area contributed by atoms with Gasteiger partial charge in [-0.1, -0.05) is 12.1 Å². The first-order valence-electron chi connectivity index (χ1n) is 7.55. The van der Waals surface area contributed by atoms with Crippen LogP contribution in [0.2, 0.25) is 0 Å². The Bertz CT molecular complexity index is 807. The van der Waals surface area contributed by atoms with Crippen molar-refractivity contribution in [1.82, 2.24) is 10.3 Å².